The highest BCUT2D eigenvalue weighted by Gasteiger charge is 2.39. The van der Waals surface area contributed by atoms with Gasteiger partial charge in [0.05, 0.1) is 12.7 Å². The summed E-state index contributed by atoms with van der Waals surface area (Å²) in [4.78, 5) is 11.7. The van der Waals surface area contributed by atoms with Gasteiger partial charge in [-0.1, -0.05) is 37.3 Å². The molecule has 1 aliphatic rings. The minimum absolute atomic E-state index is 0.0238. The monoisotopic (exact) mass is 236 g/mol. The van der Waals surface area contributed by atoms with Gasteiger partial charge in [0.1, 0.15) is 6.61 Å². The Bertz CT molecular complexity index is 376. The molecule has 0 unspecified atom stereocenters. The van der Waals surface area contributed by atoms with Crippen molar-refractivity contribution < 1.29 is 19.4 Å². The predicted octanol–water partition coefficient (Wildman–Crippen LogP) is 1.13. The first-order chi connectivity index (χ1) is 8.18. The lowest BCUT2D eigenvalue weighted by atomic mass is 10.0. The molecule has 1 N–H and O–H groups in total. The van der Waals surface area contributed by atoms with E-state index in [1.54, 1.807) is 0 Å². The van der Waals surface area contributed by atoms with Crippen LogP contribution in [0.1, 0.15) is 12.5 Å². The molecular formula is C13H16O4. The van der Waals surface area contributed by atoms with E-state index < -0.39 is 18.2 Å². The fourth-order valence-corrected chi connectivity index (χ4v) is 1.77. The Kier molecular flexibility index (Phi) is 3.76. The second kappa shape index (κ2) is 5.29. The molecule has 0 bridgehead atoms. The first-order valence-electron chi connectivity index (χ1n) is 5.68. The van der Waals surface area contributed by atoms with Crippen LogP contribution in [0.3, 0.4) is 0 Å². The largest absolute Gasteiger partial charge is 0.459 e. The van der Waals surface area contributed by atoms with Crippen molar-refractivity contribution >= 4 is 5.97 Å². The van der Waals surface area contributed by atoms with E-state index in [9.17, 15) is 9.90 Å². The molecule has 0 aliphatic carbocycles. The van der Waals surface area contributed by atoms with E-state index in [1.807, 2.05) is 37.3 Å². The number of aliphatic hydroxyl groups excluding tert-OH is 1. The third-order valence-corrected chi connectivity index (χ3v) is 2.89. The van der Waals surface area contributed by atoms with Crippen molar-refractivity contribution in [3.63, 3.8) is 0 Å². The summed E-state index contributed by atoms with van der Waals surface area (Å²) in [6, 6.07) is 9.42. The number of rotatable bonds is 3. The highest BCUT2D eigenvalue weighted by Crippen LogP contribution is 2.21. The zero-order valence-electron chi connectivity index (χ0n) is 9.70. The van der Waals surface area contributed by atoms with Crippen LogP contribution >= 0.6 is 0 Å². The van der Waals surface area contributed by atoms with Crippen molar-refractivity contribution in [2.75, 3.05) is 6.61 Å². The summed E-state index contributed by atoms with van der Waals surface area (Å²) in [5, 5.41) is 9.70. The Balaban J connectivity index is 1.86. The van der Waals surface area contributed by atoms with E-state index >= 15 is 0 Å². The van der Waals surface area contributed by atoms with Gasteiger partial charge in [-0.15, -0.1) is 0 Å². The summed E-state index contributed by atoms with van der Waals surface area (Å²) in [6.07, 6.45) is -1.60. The van der Waals surface area contributed by atoms with Crippen LogP contribution in [0.15, 0.2) is 30.3 Å². The second-order valence-electron chi connectivity index (χ2n) is 4.32. The number of ether oxygens (including phenoxy) is 2. The third-order valence-electron chi connectivity index (χ3n) is 2.89. The van der Waals surface area contributed by atoms with Crippen molar-refractivity contribution in [2.45, 2.75) is 25.7 Å². The Morgan fingerprint density at radius 3 is 2.76 bits per heavy atom. The number of carbonyl (C=O) groups is 1. The van der Waals surface area contributed by atoms with Gasteiger partial charge in [-0.05, 0) is 5.56 Å². The number of esters is 1. The number of benzene rings is 1. The van der Waals surface area contributed by atoms with Gasteiger partial charge >= 0.3 is 5.97 Å². The van der Waals surface area contributed by atoms with Gasteiger partial charge in [0.25, 0.3) is 0 Å². The fourth-order valence-electron chi connectivity index (χ4n) is 1.77. The number of hydrogen-bond donors (Lipinski definition) is 1. The Morgan fingerprint density at radius 2 is 2.18 bits per heavy atom. The normalized spacial score (nSPS) is 28.0. The van der Waals surface area contributed by atoms with Gasteiger partial charge in [0.2, 0.25) is 0 Å². The molecule has 17 heavy (non-hydrogen) atoms. The van der Waals surface area contributed by atoms with Crippen LogP contribution in [-0.4, -0.2) is 29.9 Å². The molecule has 4 heteroatoms. The van der Waals surface area contributed by atoms with E-state index in [4.69, 9.17) is 9.47 Å². The quantitative estimate of drug-likeness (QED) is 0.799. The molecule has 3 atom stereocenters. The molecule has 92 valence electrons. The van der Waals surface area contributed by atoms with Crippen LogP contribution < -0.4 is 0 Å². The molecule has 1 aromatic carbocycles. The van der Waals surface area contributed by atoms with E-state index in [-0.39, 0.29) is 12.5 Å². The van der Waals surface area contributed by atoms with E-state index in [0.29, 0.717) is 6.61 Å². The number of aliphatic hydroxyl groups is 1. The summed E-state index contributed by atoms with van der Waals surface area (Å²) in [7, 11) is 0. The van der Waals surface area contributed by atoms with Crippen LogP contribution in [0.2, 0.25) is 0 Å². The lowest BCUT2D eigenvalue weighted by Gasteiger charge is -2.14. The minimum Gasteiger partial charge on any atom is -0.459 e. The summed E-state index contributed by atoms with van der Waals surface area (Å²) in [5.41, 5.74) is 0.918. The Morgan fingerprint density at radius 1 is 1.47 bits per heavy atom. The van der Waals surface area contributed by atoms with E-state index in [2.05, 4.69) is 0 Å². The van der Waals surface area contributed by atoms with Crippen LogP contribution in [0.5, 0.6) is 0 Å². The molecule has 0 spiro atoms. The summed E-state index contributed by atoms with van der Waals surface area (Å²) in [5.74, 6) is -0.519. The average molecular weight is 236 g/mol. The van der Waals surface area contributed by atoms with E-state index in [0.717, 1.165) is 5.56 Å². The number of hydrogen-bond acceptors (Lipinski definition) is 4. The third kappa shape index (κ3) is 2.84. The highest BCUT2D eigenvalue weighted by molar-refractivity contribution is 5.75. The van der Waals surface area contributed by atoms with Crippen LogP contribution in [0.4, 0.5) is 0 Å². The van der Waals surface area contributed by atoms with Crippen molar-refractivity contribution in [3.8, 4) is 0 Å². The molecule has 0 saturated carbocycles. The van der Waals surface area contributed by atoms with Crippen LogP contribution in [-0.2, 0) is 20.9 Å². The van der Waals surface area contributed by atoms with Crippen LogP contribution in [0, 0.1) is 5.92 Å². The van der Waals surface area contributed by atoms with Gasteiger partial charge in [-0.2, -0.15) is 0 Å². The topological polar surface area (TPSA) is 55.8 Å². The first kappa shape index (κ1) is 12.1. The highest BCUT2D eigenvalue weighted by atomic mass is 16.6. The predicted molar refractivity (Wildman–Crippen MR) is 61.1 cm³/mol. The smallest absolute Gasteiger partial charge is 0.338 e. The standard InChI is InChI=1S/C13H16O4/c1-9-7-16-12(11(9)14)13(15)17-8-10-5-3-2-4-6-10/h2-6,9,11-12,14H,7-8H2,1H3/t9-,11+,12+/m0/s1. The lowest BCUT2D eigenvalue weighted by molar-refractivity contribution is -0.159. The van der Waals surface area contributed by atoms with Gasteiger partial charge in [-0.3, -0.25) is 0 Å². The molecule has 1 aliphatic heterocycles. The maximum absolute atomic E-state index is 11.7. The fraction of sp³-hybridized carbons (Fsp3) is 0.462. The first-order valence-corrected chi connectivity index (χ1v) is 5.68. The van der Waals surface area contributed by atoms with Crippen molar-refractivity contribution in [3.05, 3.63) is 35.9 Å². The van der Waals surface area contributed by atoms with E-state index in [1.165, 1.54) is 0 Å². The maximum atomic E-state index is 11.7. The molecule has 0 amide bonds. The average Bonchev–Trinajstić information content (AvgIpc) is 2.69. The molecule has 0 aromatic heterocycles. The molecule has 0 radical (unpaired) electrons. The van der Waals surface area contributed by atoms with Crippen molar-refractivity contribution in [2.24, 2.45) is 5.92 Å². The van der Waals surface area contributed by atoms with Gasteiger partial charge in [0.15, 0.2) is 6.10 Å². The van der Waals surface area contributed by atoms with Gasteiger partial charge < -0.3 is 14.6 Å². The van der Waals surface area contributed by atoms with Crippen molar-refractivity contribution in [1.82, 2.24) is 0 Å². The molecule has 1 saturated heterocycles. The summed E-state index contributed by atoms with van der Waals surface area (Å²) < 4.78 is 10.3. The SMILES string of the molecule is C[C@H]1CO[C@@H](C(=O)OCc2ccccc2)[C@@H]1O. The summed E-state index contributed by atoms with van der Waals surface area (Å²) >= 11 is 0. The Labute approximate surface area is 100 Å². The van der Waals surface area contributed by atoms with Gasteiger partial charge in [0, 0.05) is 5.92 Å². The summed E-state index contributed by atoms with van der Waals surface area (Å²) in [6.45, 7) is 2.45. The molecule has 2 rings (SSSR count). The molecular weight excluding hydrogens is 220 g/mol. The molecule has 1 fully saturated rings. The molecule has 1 heterocycles. The zero-order valence-corrected chi connectivity index (χ0v) is 9.70. The molecule has 4 nitrogen and oxygen atoms in total. The van der Waals surface area contributed by atoms with Crippen LogP contribution in [0.25, 0.3) is 0 Å². The Hall–Kier alpha value is -1.39. The second-order valence-corrected chi connectivity index (χ2v) is 4.32. The van der Waals surface area contributed by atoms with Crippen molar-refractivity contribution in [1.29, 1.82) is 0 Å². The molecule has 1 aromatic rings. The maximum Gasteiger partial charge on any atom is 0.338 e. The number of carbonyl (C=O) groups excluding carboxylic acids is 1. The zero-order chi connectivity index (χ0) is 12.3. The lowest BCUT2D eigenvalue weighted by Crippen LogP contribution is -2.34. The minimum atomic E-state index is -0.839. The van der Waals surface area contributed by atoms with Gasteiger partial charge in [-0.25, -0.2) is 4.79 Å².